The Morgan fingerprint density at radius 1 is 1.37 bits per heavy atom. The number of aromatic nitrogens is 2. The van der Waals surface area contributed by atoms with Gasteiger partial charge in [0.2, 0.25) is 0 Å². The topological polar surface area (TPSA) is 78.2 Å². The van der Waals surface area contributed by atoms with Crippen LogP contribution in [0.15, 0.2) is 0 Å². The van der Waals surface area contributed by atoms with Crippen LogP contribution < -0.4 is 5.73 Å². The minimum atomic E-state index is 0.0182. The minimum Gasteiger partial charge on any atom is -0.382 e. The fourth-order valence-corrected chi connectivity index (χ4v) is 3.37. The van der Waals surface area contributed by atoms with E-state index in [4.69, 9.17) is 5.73 Å². The predicted octanol–water partition coefficient (Wildman–Crippen LogP) is 0.609. The molecule has 1 aromatic heterocycles. The zero-order valence-corrected chi connectivity index (χ0v) is 11.5. The highest BCUT2D eigenvalue weighted by Crippen LogP contribution is 2.29. The van der Waals surface area contributed by atoms with E-state index < -0.39 is 0 Å². The number of likely N-dealkylation sites (tertiary alicyclic amines) is 1. The molecule has 3 heterocycles. The van der Waals surface area contributed by atoms with Crippen LogP contribution in [0, 0.1) is 6.92 Å². The summed E-state index contributed by atoms with van der Waals surface area (Å²) in [5, 5.41) is 6.70. The number of aromatic amines is 1. The molecule has 2 aliphatic heterocycles. The van der Waals surface area contributed by atoms with Gasteiger partial charge in [-0.15, -0.1) is 0 Å². The lowest BCUT2D eigenvalue weighted by molar-refractivity contribution is 0.0740. The van der Waals surface area contributed by atoms with Crippen LogP contribution in [-0.2, 0) is 0 Å². The Balaban J connectivity index is 1.81. The van der Waals surface area contributed by atoms with E-state index in [-0.39, 0.29) is 5.91 Å². The van der Waals surface area contributed by atoms with Gasteiger partial charge in [0.15, 0.2) is 5.82 Å². The summed E-state index contributed by atoms with van der Waals surface area (Å²) in [6.45, 7) is 3.46. The molecule has 0 spiro atoms. The lowest BCUT2D eigenvalue weighted by Crippen LogP contribution is -2.40. The van der Waals surface area contributed by atoms with E-state index in [1.165, 1.54) is 12.8 Å². The number of carbonyl (C=O) groups is 1. The fourth-order valence-electron chi connectivity index (χ4n) is 3.37. The van der Waals surface area contributed by atoms with E-state index >= 15 is 0 Å². The van der Waals surface area contributed by atoms with Gasteiger partial charge < -0.3 is 10.6 Å². The molecule has 1 amide bonds. The number of aryl methyl sites for hydroxylation is 1. The molecule has 2 atom stereocenters. The van der Waals surface area contributed by atoms with E-state index in [1.54, 1.807) is 0 Å². The number of H-pyrrole nitrogens is 1. The fraction of sp³-hybridized carbons (Fsp3) is 0.692. The summed E-state index contributed by atoms with van der Waals surface area (Å²) in [5.74, 6) is 0.329. The Labute approximate surface area is 112 Å². The second kappa shape index (κ2) is 4.52. The maximum Gasteiger partial charge on any atom is 0.259 e. The molecule has 3 N–H and O–H groups in total. The van der Waals surface area contributed by atoms with Gasteiger partial charge >= 0.3 is 0 Å². The highest BCUT2D eigenvalue weighted by atomic mass is 16.2. The maximum atomic E-state index is 12.6. The summed E-state index contributed by atoms with van der Waals surface area (Å²) in [6, 6.07) is 1.12. The zero-order chi connectivity index (χ0) is 13.6. The Morgan fingerprint density at radius 3 is 2.79 bits per heavy atom. The van der Waals surface area contributed by atoms with Gasteiger partial charge in [0.1, 0.15) is 5.56 Å². The standard InChI is InChI=1S/C13H21N5O/c1-8-11(12(14)16-15-8)13(19)18-6-5-9-3-4-10(7-18)17(9)2/h9-10H,3-7H2,1-2H3,(H3,14,15,16). The lowest BCUT2D eigenvalue weighted by atomic mass is 10.1. The zero-order valence-electron chi connectivity index (χ0n) is 11.5. The second-order valence-electron chi connectivity index (χ2n) is 5.70. The van der Waals surface area contributed by atoms with Crippen molar-refractivity contribution in [2.75, 3.05) is 25.9 Å². The third-order valence-corrected chi connectivity index (χ3v) is 4.62. The van der Waals surface area contributed by atoms with E-state index in [2.05, 4.69) is 22.1 Å². The molecule has 2 aliphatic rings. The third-order valence-electron chi connectivity index (χ3n) is 4.62. The normalized spacial score (nSPS) is 27.6. The Kier molecular flexibility index (Phi) is 2.97. The number of nitrogens with one attached hydrogen (secondary N) is 1. The third kappa shape index (κ3) is 2.00. The van der Waals surface area contributed by atoms with Gasteiger partial charge in [-0.2, -0.15) is 5.10 Å². The van der Waals surface area contributed by atoms with Gasteiger partial charge in [-0.1, -0.05) is 0 Å². The van der Waals surface area contributed by atoms with Crippen LogP contribution in [0.1, 0.15) is 35.3 Å². The number of rotatable bonds is 1. The van der Waals surface area contributed by atoms with Crippen molar-refractivity contribution in [2.24, 2.45) is 0 Å². The summed E-state index contributed by atoms with van der Waals surface area (Å²) >= 11 is 0. The molecule has 0 saturated carbocycles. The first kappa shape index (κ1) is 12.5. The minimum absolute atomic E-state index is 0.0182. The summed E-state index contributed by atoms with van der Waals surface area (Å²) in [5.41, 5.74) is 7.09. The van der Waals surface area contributed by atoms with E-state index in [0.29, 0.717) is 23.5 Å². The van der Waals surface area contributed by atoms with Gasteiger partial charge in [0.05, 0.1) is 0 Å². The molecular formula is C13H21N5O. The van der Waals surface area contributed by atoms with Gasteiger partial charge in [-0.05, 0) is 33.2 Å². The predicted molar refractivity (Wildman–Crippen MR) is 72.8 cm³/mol. The van der Waals surface area contributed by atoms with Crippen LogP contribution in [0.25, 0.3) is 0 Å². The Bertz CT molecular complexity index is 478. The summed E-state index contributed by atoms with van der Waals surface area (Å²) < 4.78 is 0. The molecule has 19 heavy (non-hydrogen) atoms. The second-order valence-corrected chi connectivity index (χ2v) is 5.70. The van der Waals surface area contributed by atoms with Crippen LogP contribution in [0.5, 0.6) is 0 Å². The van der Waals surface area contributed by atoms with Crippen molar-refractivity contribution in [3.8, 4) is 0 Å². The van der Waals surface area contributed by atoms with Gasteiger partial charge in [-0.25, -0.2) is 0 Å². The number of anilines is 1. The van der Waals surface area contributed by atoms with Crippen molar-refractivity contribution in [1.29, 1.82) is 0 Å². The number of nitrogen functional groups attached to an aromatic ring is 1. The molecule has 0 aliphatic carbocycles. The highest BCUT2D eigenvalue weighted by molar-refractivity contribution is 5.99. The van der Waals surface area contributed by atoms with Crippen molar-refractivity contribution in [1.82, 2.24) is 20.0 Å². The van der Waals surface area contributed by atoms with Crippen molar-refractivity contribution < 1.29 is 4.79 Å². The van der Waals surface area contributed by atoms with Crippen molar-refractivity contribution in [3.63, 3.8) is 0 Å². The molecule has 2 unspecified atom stereocenters. The molecular weight excluding hydrogens is 242 g/mol. The number of hydrogen-bond acceptors (Lipinski definition) is 4. The molecule has 2 fully saturated rings. The first-order valence-electron chi connectivity index (χ1n) is 6.89. The van der Waals surface area contributed by atoms with E-state index in [9.17, 15) is 4.79 Å². The maximum absolute atomic E-state index is 12.6. The number of fused-ring (bicyclic) bond motifs is 2. The van der Waals surface area contributed by atoms with E-state index in [0.717, 1.165) is 25.2 Å². The van der Waals surface area contributed by atoms with Crippen molar-refractivity contribution in [3.05, 3.63) is 11.3 Å². The first-order valence-corrected chi connectivity index (χ1v) is 6.89. The molecule has 0 aromatic carbocycles. The number of likely N-dealkylation sites (N-methyl/N-ethyl adjacent to an activating group) is 1. The van der Waals surface area contributed by atoms with Crippen LogP contribution in [0.2, 0.25) is 0 Å². The number of nitrogens with two attached hydrogens (primary N) is 1. The Morgan fingerprint density at radius 2 is 2.11 bits per heavy atom. The molecule has 6 heteroatoms. The number of nitrogens with zero attached hydrogens (tertiary/aromatic N) is 3. The Hall–Kier alpha value is -1.56. The van der Waals surface area contributed by atoms with Crippen LogP contribution in [0.4, 0.5) is 5.82 Å². The summed E-state index contributed by atoms with van der Waals surface area (Å²) in [6.07, 6.45) is 3.50. The summed E-state index contributed by atoms with van der Waals surface area (Å²) in [7, 11) is 2.17. The van der Waals surface area contributed by atoms with Gasteiger partial charge in [-0.3, -0.25) is 14.8 Å². The van der Waals surface area contributed by atoms with Gasteiger partial charge in [0.25, 0.3) is 5.91 Å². The van der Waals surface area contributed by atoms with Crippen LogP contribution in [-0.4, -0.2) is 58.1 Å². The molecule has 2 saturated heterocycles. The highest BCUT2D eigenvalue weighted by Gasteiger charge is 2.36. The average Bonchev–Trinajstić information content (AvgIpc) is 2.80. The molecule has 1 aromatic rings. The largest absolute Gasteiger partial charge is 0.382 e. The lowest BCUT2D eigenvalue weighted by Gasteiger charge is -2.25. The first-order chi connectivity index (χ1) is 9.08. The van der Waals surface area contributed by atoms with Crippen molar-refractivity contribution >= 4 is 11.7 Å². The number of hydrogen-bond donors (Lipinski definition) is 2. The average molecular weight is 263 g/mol. The summed E-state index contributed by atoms with van der Waals surface area (Å²) in [4.78, 5) is 17.0. The molecule has 2 bridgehead atoms. The van der Waals surface area contributed by atoms with Crippen molar-refractivity contribution in [2.45, 2.75) is 38.3 Å². The van der Waals surface area contributed by atoms with Gasteiger partial charge in [0, 0.05) is 30.9 Å². The number of amides is 1. The smallest absolute Gasteiger partial charge is 0.259 e. The molecule has 104 valence electrons. The quantitative estimate of drug-likeness (QED) is 0.778. The van der Waals surface area contributed by atoms with E-state index in [1.807, 2.05) is 11.8 Å². The van der Waals surface area contributed by atoms with Crippen LogP contribution >= 0.6 is 0 Å². The molecule has 6 nitrogen and oxygen atoms in total. The molecule has 3 rings (SSSR count). The number of carbonyl (C=O) groups excluding carboxylic acids is 1. The molecule has 0 radical (unpaired) electrons. The van der Waals surface area contributed by atoms with Crippen LogP contribution in [0.3, 0.4) is 0 Å². The monoisotopic (exact) mass is 263 g/mol. The SMILES string of the molecule is Cc1[nH]nc(N)c1C(=O)N1CCC2CCC(C1)N2C.